The Kier molecular flexibility index (Phi) is 8.34. The van der Waals surface area contributed by atoms with Crippen molar-refractivity contribution in [2.75, 3.05) is 19.7 Å². The van der Waals surface area contributed by atoms with Gasteiger partial charge < -0.3 is 20.5 Å². The molecule has 0 aliphatic carbocycles. The van der Waals surface area contributed by atoms with Crippen LogP contribution in [0.1, 0.15) is 60.3 Å². The van der Waals surface area contributed by atoms with Gasteiger partial charge in [0.15, 0.2) is 0 Å². The Hall–Kier alpha value is -0.810. The van der Waals surface area contributed by atoms with Crippen LogP contribution in [0.5, 0.6) is 0 Å². The van der Waals surface area contributed by atoms with E-state index in [4.69, 9.17) is 4.74 Å². The minimum atomic E-state index is -0.851. The molecular formula is C18H36N2O3. The highest BCUT2D eigenvalue weighted by atomic mass is 16.5. The van der Waals surface area contributed by atoms with Crippen molar-refractivity contribution in [2.24, 2.45) is 17.8 Å². The van der Waals surface area contributed by atoms with Crippen molar-refractivity contribution in [2.45, 2.75) is 72.0 Å². The van der Waals surface area contributed by atoms with Gasteiger partial charge in [-0.2, -0.15) is 0 Å². The van der Waals surface area contributed by atoms with Crippen molar-refractivity contribution in [3.8, 4) is 0 Å². The predicted octanol–water partition coefficient (Wildman–Crippen LogP) is 2.92. The van der Waals surface area contributed by atoms with Crippen molar-refractivity contribution in [3.05, 3.63) is 0 Å². The summed E-state index contributed by atoms with van der Waals surface area (Å²) < 4.78 is 5.84. The Morgan fingerprint density at radius 2 is 2.00 bits per heavy atom. The molecule has 2 amide bonds. The van der Waals surface area contributed by atoms with E-state index < -0.39 is 5.60 Å². The lowest BCUT2D eigenvalue weighted by molar-refractivity contribution is -0.0508. The number of amides is 2. The Bertz CT molecular complexity index is 356. The topological polar surface area (TPSA) is 70.6 Å². The second-order valence-corrected chi connectivity index (χ2v) is 7.97. The largest absolute Gasteiger partial charge is 0.388 e. The summed E-state index contributed by atoms with van der Waals surface area (Å²) in [4.78, 5) is 12.0. The molecular weight excluding hydrogens is 292 g/mol. The SMILES string of the molecule is CC(C)CCC(C)(O)CNC(=O)NCC1CCCOC1C(C)C. The molecule has 0 aromatic heterocycles. The van der Waals surface area contributed by atoms with E-state index in [2.05, 4.69) is 38.3 Å². The van der Waals surface area contributed by atoms with E-state index in [1.807, 2.05) is 0 Å². The first kappa shape index (κ1) is 20.2. The molecule has 0 bridgehead atoms. The normalized spacial score (nSPS) is 24.5. The summed E-state index contributed by atoms with van der Waals surface area (Å²) in [5, 5.41) is 16.0. The van der Waals surface area contributed by atoms with Gasteiger partial charge in [-0.05, 0) is 44.4 Å². The van der Waals surface area contributed by atoms with Crippen LogP contribution < -0.4 is 10.6 Å². The summed E-state index contributed by atoms with van der Waals surface area (Å²) in [6, 6.07) is -0.206. The number of urea groups is 1. The van der Waals surface area contributed by atoms with E-state index >= 15 is 0 Å². The molecule has 3 N–H and O–H groups in total. The molecule has 5 nitrogen and oxygen atoms in total. The van der Waals surface area contributed by atoms with Crippen molar-refractivity contribution in [3.63, 3.8) is 0 Å². The fourth-order valence-corrected chi connectivity index (χ4v) is 3.07. The van der Waals surface area contributed by atoms with Crippen LogP contribution in [-0.4, -0.2) is 42.5 Å². The Morgan fingerprint density at radius 3 is 2.61 bits per heavy atom. The van der Waals surface area contributed by atoms with Gasteiger partial charge in [-0.1, -0.05) is 27.7 Å². The molecule has 1 aliphatic heterocycles. The van der Waals surface area contributed by atoms with Gasteiger partial charge in [0.1, 0.15) is 0 Å². The molecule has 1 heterocycles. The lowest BCUT2D eigenvalue weighted by atomic mass is 9.87. The molecule has 3 unspecified atom stereocenters. The number of carbonyl (C=O) groups is 1. The van der Waals surface area contributed by atoms with E-state index in [0.29, 0.717) is 30.7 Å². The van der Waals surface area contributed by atoms with E-state index in [-0.39, 0.29) is 18.7 Å². The number of nitrogens with one attached hydrogen (secondary N) is 2. The summed E-state index contributed by atoms with van der Waals surface area (Å²) in [7, 11) is 0. The molecule has 136 valence electrons. The smallest absolute Gasteiger partial charge is 0.314 e. The fraction of sp³-hybridized carbons (Fsp3) is 0.944. The Balaban J connectivity index is 2.30. The van der Waals surface area contributed by atoms with Gasteiger partial charge in [0.2, 0.25) is 0 Å². The molecule has 1 fully saturated rings. The summed E-state index contributed by atoms with van der Waals surface area (Å²) in [5.74, 6) is 1.38. The first-order valence-corrected chi connectivity index (χ1v) is 9.07. The zero-order valence-corrected chi connectivity index (χ0v) is 15.5. The van der Waals surface area contributed by atoms with Crippen molar-refractivity contribution < 1.29 is 14.6 Å². The highest BCUT2D eigenvalue weighted by Gasteiger charge is 2.29. The van der Waals surface area contributed by atoms with Crippen LogP contribution in [-0.2, 0) is 4.74 Å². The van der Waals surface area contributed by atoms with Crippen LogP contribution in [0.4, 0.5) is 4.79 Å². The standard InChI is InChI=1S/C18H36N2O3/c1-13(2)8-9-18(5,22)12-20-17(21)19-11-15-7-6-10-23-16(15)14(3)4/h13-16,22H,6-12H2,1-5H3,(H2,19,20,21). The summed E-state index contributed by atoms with van der Waals surface area (Å²) in [5.41, 5.74) is -0.851. The van der Waals surface area contributed by atoms with Crippen LogP contribution in [0.25, 0.3) is 0 Å². The van der Waals surface area contributed by atoms with Crippen LogP contribution in [0.15, 0.2) is 0 Å². The Labute approximate surface area is 141 Å². The lowest BCUT2D eigenvalue weighted by Crippen LogP contribution is -2.48. The van der Waals surface area contributed by atoms with Gasteiger partial charge in [0.05, 0.1) is 11.7 Å². The number of carbonyl (C=O) groups excluding carboxylic acids is 1. The molecule has 0 radical (unpaired) electrons. The van der Waals surface area contributed by atoms with E-state index in [1.54, 1.807) is 6.92 Å². The number of ether oxygens (including phenoxy) is 1. The van der Waals surface area contributed by atoms with Crippen LogP contribution in [0.2, 0.25) is 0 Å². The quantitative estimate of drug-likeness (QED) is 0.641. The fourth-order valence-electron chi connectivity index (χ4n) is 3.07. The second-order valence-electron chi connectivity index (χ2n) is 7.97. The van der Waals surface area contributed by atoms with Crippen molar-refractivity contribution in [1.82, 2.24) is 10.6 Å². The minimum Gasteiger partial charge on any atom is -0.388 e. The highest BCUT2D eigenvalue weighted by molar-refractivity contribution is 5.73. The second kappa shape index (κ2) is 9.48. The maximum absolute atomic E-state index is 12.0. The molecule has 23 heavy (non-hydrogen) atoms. The first-order chi connectivity index (χ1) is 10.7. The van der Waals surface area contributed by atoms with Crippen molar-refractivity contribution >= 4 is 6.03 Å². The Morgan fingerprint density at radius 1 is 1.30 bits per heavy atom. The molecule has 5 heteroatoms. The van der Waals surface area contributed by atoms with Crippen LogP contribution >= 0.6 is 0 Å². The lowest BCUT2D eigenvalue weighted by Gasteiger charge is -2.34. The van der Waals surface area contributed by atoms with Gasteiger partial charge in [-0.25, -0.2) is 4.79 Å². The monoisotopic (exact) mass is 328 g/mol. The molecule has 0 spiro atoms. The minimum absolute atomic E-state index is 0.206. The van der Waals surface area contributed by atoms with Gasteiger partial charge in [0.25, 0.3) is 0 Å². The third kappa shape index (κ3) is 8.02. The number of aliphatic hydroxyl groups is 1. The summed E-state index contributed by atoms with van der Waals surface area (Å²) in [6.45, 7) is 12.1. The average molecular weight is 328 g/mol. The van der Waals surface area contributed by atoms with Gasteiger partial charge >= 0.3 is 6.03 Å². The zero-order chi connectivity index (χ0) is 17.5. The summed E-state index contributed by atoms with van der Waals surface area (Å²) >= 11 is 0. The van der Waals surface area contributed by atoms with Crippen molar-refractivity contribution in [1.29, 1.82) is 0 Å². The van der Waals surface area contributed by atoms with E-state index in [1.165, 1.54) is 0 Å². The molecule has 0 aromatic rings. The van der Waals surface area contributed by atoms with E-state index in [0.717, 1.165) is 25.9 Å². The molecule has 1 aliphatic rings. The maximum Gasteiger partial charge on any atom is 0.314 e. The van der Waals surface area contributed by atoms with Gasteiger partial charge in [0, 0.05) is 25.6 Å². The first-order valence-electron chi connectivity index (χ1n) is 9.07. The average Bonchev–Trinajstić information content (AvgIpc) is 2.49. The predicted molar refractivity (Wildman–Crippen MR) is 93.4 cm³/mol. The maximum atomic E-state index is 12.0. The highest BCUT2D eigenvalue weighted by Crippen LogP contribution is 2.25. The molecule has 3 atom stereocenters. The molecule has 1 saturated heterocycles. The number of rotatable bonds is 8. The number of hydrogen-bond donors (Lipinski definition) is 3. The van der Waals surface area contributed by atoms with Gasteiger partial charge in [-0.3, -0.25) is 0 Å². The van der Waals surface area contributed by atoms with Gasteiger partial charge in [-0.15, -0.1) is 0 Å². The summed E-state index contributed by atoms with van der Waals surface area (Å²) in [6.07, 6.45) is 4.01. The van der Waals surface area contributed by atoms with E-state index in [9.17, 15) is 9.90 Å². The third-order valence-electron chi connectivity index (χ3n) is 4.57. The van der Waals surface area contributed by atoms with Crippen LogP contribution in [0, 0.1) is 17.8 Å². The zero-order valence-electron chi connectivity index (χ0n) is 15.5. The van der Waals surface area contributed by atoms with Crippen LogP contribution in [0.3, 0.4) is 0 Å². The molecule has 1 rings (SSSR count). The third-order valence-corrected chi connectivity index (χ3v) is 4.57. The molecule has 0 saturated carbocycles. The number of hydrogen-bond acceptors (Lipinski definition) is 3. The molecule has 0 aromatic carbocycles.